The number of hydrogen-bond donors (Lipinski definition) is 1. The Hall–Kier alpha value is -1.98. The normalized spacial score (nSPS) is 18.0. The summed E-state index contributed by atoms with van der Waals surface area (Å²) >= 11 is 0. The minimum absolute atomic E-state index is 0.0274. The molecule has 2 aromatic carbocycles. The number of piperazine rings is 1. The Bertz CT molecular complexity index is 725. The van der Waals surface area contributed by atoms with Crippen LogP contribution < -0.4 is 10.2 Å². The van der Waals surface area contributed by atoms with Gasteiger partial charge >= 0.3 is 0 Å². The van der Waals surface area contributed by atoms with Crippen LogP contribution in [0.5, 0.6) is 0 Å². The van der Waals surface area contributed by atoms with E-state index in [9.17, 15) is 8.78 Å². The van der Waals surface area contributed by atoms with E-state index in [1.54, 1.807) is 18.2 Å². The molecule has 0 radical (unpaired) electrons. The molecule has 0 unspecified atom stereocenters. The van der Waals surface area contributed by atoms with Crippen LogP contribution in [0, 0.1) is 11.6 Å². The molecule has 140 valence electrons. The highest BCUT2D eigenvalue weighted by molar-refractivity contribution is 5.55. The summed E-state index contributed by atoms with van der Waals surface area (Å²) in [5.41, 5.74) is 3.06. The van der Waals surface area contributed by atoms with Crippen molar-refractivity contribution in [3.05, 3.63) is 65.2 Å². The second-order valence-electron chi connectivity index (χ2n) is 7.16. The van der Waals surface area contributed by atoms with Gasteiger partial charge in [-0.25, -0.2) is 8.78 Å². The molecular weight excluding hydrogens is 332 g/mol. The van der Waals surface area contributed by atoms with Gasteiger partial charge in [0.2, 0.25) is 0 Å². The van der Waals surface area contributed by atoms with Crippen LogP contribution in [-0.4, -0.2) is 38.1 Å². The monoisotopic (exact) mass is 359 g/mol. The molecule has 3 rings (SSSR count). The summed E-state index contributed by atoms with van der Waals surface area (Å²) in [5.74, 6) is -0.461. The molecule has 0 aromatic heterocycles. The summed E-state index contributed by atoms with van der Waals surface area (Å²) in [7, 11) is 2.12. The summed E-state index contributed by atoms with van der Waals surface area (Å²) in [5, 5.41) is 3.52. The Labute approximate surface area is 154 Å². The maximum atomic E-state index is 13.9. The van der Waals surface area contributed by atoms with E-state index >= 15 is 0 Å². The van der Waals surface area contributed by atoms with Gasteiger partial charge in [-0.05, 0) is 62.4 Å². The third-order valence-corrected chi connectivity index (χ3v) is 5.17. The zero-order chi connectivity index (χ0) is 18.7. The fraction of sp³-hybridized carbons (Fsp3) is 0.429. The Kier molecular flexibility index (Phi) is 5.89. The lowest BCUT2D eigenvalue weighted by atomic mass is 10.0. The van der Waals surface area contributed by atoms with Gasteiger partial charge < -0.3 is 15.1 Å². The van der Waals surface area contributed by atoms with Crippen molar-refractivity contribution in [1.29, 1.82) is 0 Å². The quantitative estimate of drug-likeness (QED) is 0.866. The molecule has 0 saturated carbocycles. The van der Waals surface area contributed by atoms with Crippen molar-refractivity contribution in [2.24, 2.45) is 0 Å². The third kappa shape index (κ3) is 4.40. The molecule has 1 aliphatic rings. The molecule has 0 amide bonds. The van der Waals surface area contributed by atoms with Crippen molar-refractivity contribution in [3.8, 4) is 0 Å². The maximum Gasteiger partial charge on any atom is 0.123 e. The SMILES string of the molecule is C[C@H](N[C@H](C)c1cc(F)ccc1N1CCN(C)CC1)c1ccc(F)cc1. The van der Waals surface area contributed by atoms with E-state index in [2.05, 4.69) is 22.2 Å². The van der Waals surface area contributed by atoms with Gasteiger partial charge in [0, 0.05) is 44.0 Å². The smallest absolute Gasteiger partial charge is 0.123 e. The van der Waals surface area contributed by atoms with Crippen LogP contribution >= 0.6 is 0 Å². The van der Waals surface area contributed by atoms with E-state index in [-0.39, 0.29) is 23.7 Å². The van der Waals surface area contributed by atoms with Crippen LogP contribution in [0.2, 0.25) is 0 Å². The molecular formula is C21H27F2N3. The van der Waals surface area contributed by atoms with Crippen LogP contribution in [0.3, 0.4) is 0 Å². The van der Waals surface area contributed by atoms with Gasteiger partial charge in [-0.3, -0.25) is 0 Å². The van der Waals surface area contributed by atoms with Gasteiger partial charge in [0.15, 0.2) is 0 Å². The zero-order valence-electron chi connectivity index (χ0n) is 15.7. The minimum Gasteiger partial charge on any atom is -0.369 e. The summed E-state index contributed by atoms with van der Waals surface area (Å²) in [6, 6.07) is 11.6. The third-order valence-electron chi connectivity index (χ3n) is 5.17. The lowest BCUT2D eigenvalue weighted by Gasteiger charge is -2.36. The topological polar surface area (TPSA) is 18.5 Å². The van der Waals surface area contributed by atoms with Crippen LogP contribution in [-0.2, 0) is 0 Å². The van der Waals surface area contributed by atoms with Crippen molar-refractivity contribution in [1.82, 2.24) is 10.2 Å². The predicted octanol–water partition coefficient (Wildman–Crippen LogP) is 4.13. The summed E-state index contributed by atoms with van der Waals surface area (Å²) in [6.07, 6.45) is 0. The van der Waals surface area contributed by atoms with Crippen molar-refractivity contribution < 1.29 is 8.78 Å². The Balaban J connectivity index is 1.78. The summed E-state index contributed by atoms with van der Waals surface area (Å²) < 4.78 is 27.1. The van der Waals surface area contributed by atoms with Crippen LogP contribution in [0.1, 0.15) is 37.1 Å². The van der Waals surface area contributed by atoms with E-state index < -0.39 is 0 Å². The van der Waals surface area contributed by atoms with E-state index in [1.165, 1.54) is 18.2 Å². The maximum absolute atomic E-state index is 13.9. The first kappa shape index (κ1) is 18.8. The largest absolute Gasteiger partial charge is 0.369 e. The highest BCUT2D eigenvalue weighted by atomic mass is 19.1. The number of nitrogens with zero attached hydrogens (tertiary/aromatic N) is 2. The molecule has 2 atom stereocenters. The second-order valence-corrected chi connectivity index (χ2v) is 7.16. The number of nitrogens with one attached hydrogen (secondary N) is 1. The fourth-order valence-electron chi connectivity index (χ4n) is 3.52. The van der Waals surface area contributed by atoms with Crippen molar-refractivity contribution in [2.75, 3.05) is 38.1 Å². The Morgan fingerprint density at radius 1 is 0.846 bits per heavy atom. The molecule has 1 N–H and O–H groups in total. The fourth-order valence-corrected chi connectivity index (χ4v) is 3.52. The summed E-state index contributed by atoms with van der Waals surface area (Å²) in [4.78, 5) is 4.63. The van der Waals surface area contributed by atoms with E-state index in [0.29, 0.717) is 0 Å². The second kappa shape index (κ2) is 8.14. The number of halogens is 2. The number of likely N-dealkylation sites (N-methyl/N-ethyl adjacent to an activating group) is 1. The van der Waals surface area contributed by atoms with Crippen LogP contribution in [0.15, 0.2) is 42.5 Å². The first-order valence-electron chi connectivity index (χ1n) is 9.18. The molecule has 1 fully saturated rings. The van der Waals surface area contributed by atoms with Gasteiger partial charge in [-0.1, -0.05) is 12.1 Å². The average Bonchev–Trinajstić information content (AvgIpc) is 2.63. The molecule has 2 aromatic rings. The van der Waals surface area contributed by atoms with E-state index in [1.807, 2.05) is 19.9 Å². The zero-order valence-corrected chi connectivity index (χ0v) is 15.7. The number of hydrogen-bond acceptors (Lipinski definition) is 3. The van der Waals surface area contributed by atoms with E-state index in [0.717, 1.165) is 43.0 Å². The van der Waals surface area contributed by atoms with Gasteiger partial charge in [-0.2, -0.15) is 0 Å². The highest BCUT2D eigenvalue weighted by Crippen LogP contribution is 2.30. The van der Waals surface area contributed by atoms with Crippen molar-refractivity contribution in [2.45, 2.75) is 25.9 Å². The first-order valence-corrected chi connectivity index (χ1v) is 9.18. The average molecular weight is 359 g/mol. The van der Waals surface area contributed by atoms with Crippen molar-refractivity contribution in [3.63, 3.8) is 0 Å². The molecule has 26 heavy (non-hydrogen) atoms. The molecule has 1 heterocycles. The van der Waals surface area contributed by atoms with Gasteiger partial charge in [0.05, 0.1) is 0 Å². The number of benzene rings is 2. The lowest BCUT2D eigenvalue weighted by Crippen LogP contribution is -2.45. The summed E-state index contributed by atoms with van der Waals surface area (Å²) in [6.45, 7) is 7.98. The minimum atomic E-state index is -0.239. The highest BCUT2D eigenvalue weighted by Gasteiger charge is 2.21. The van der Waals surface area contributed by atoms with Gasteiger partial charge in [0.25, 0.3) is 0 Å². The van der Waals surface area contributed by atoms with Gasteiger partial charge in [-0.15, -0.1) is 0 Å². The predicted molar refractivity (Wildman–Crippen MR) is 102 cm³/mol. The Morgan fingerprint density at radius 2 is 1.46 bits per heavy atom. The number of anilines is 1. The van der Waals surface area contributed by atoms with Crippen molar-refractivity contribution >= 4 is 5.69 Å². The molecule has 0 spiro atoms. The Morgan fingerprint density at radius 3 is 2.12 bits per heavy atom. The van der Waals surface area contributed by atoms with Gasteiger partial charge in [0.1, 0.15) is 11.6 Å². The van der Waals surface area contributed by atoms with Crippen LogP contribution in [0.25, 0.3) is 0 Å². The molecule has 0 aliphatic carbocycles. The molecule has 5 heteroatoms. The molecule has 1 saturated heterocycles. The van der Waals surface area contributed by atoms with E-state index in [4.69, 9.17) is 0 Å². The first-order chi connectivity index (χ1) is 12.4. The molecule has 0 bridgehead atoms. The molecule has 3 nitrogen and oxygen atoms in total. The standard InChI is InChI=1S/C21H27F2N3/c1-15(17-4-6-18(22)7-5-17)24-16(2)20-14-19(23)8-9-21(20)26-12-10-25(3)11-13-26/h4-9,14-16,24H,10-13H2,1-3H3/t15-,16+/m0/s1. The number of rotatable bonds is 5. The molecule has 1 aliphatic heterocycles. The van der Waals surface area contributed by atoms with Crippen LogP contribution in [0.4, 0.5) is 14.5 Å². The lowest BCUT2D eigenvalue weighted by molar-refractivity contribution is 0.312.